The Morgan fingerprint density at radius 2 is 1.66 bits per heavy atom. The fourth-order valence-corrected chi connectivity index (χ4v) is 5.30. The van der Waals surface area contributed by atoms with Gasteiger partial charge in [0, 0.05) is 23.4 Å². The summed E-state index contributed by atoms with van der Waals surface area (Å²) in [6.07, 6.45) is 0.613. The first-order valence-corrected chi connectivity index (χ1v) is 11.5. The van der Waals surface area contributed by atoms with Gasteiger partial charge in [-0.2, -0.15) is 0 Å². The van der Waals surface area contributed by atoms with Gasteiger partial charge >= 0.3 is 12.1 Å². The van der Waals surface area contributed by atoms with Crippen molar-refractivity contribution in [2.75, 3.05) is 27.6 Å². The summed E-state index contributed by atoms with van der Waals surface area (Å²) in [6.45, 7) is 0.188. The fourth-order valence-electron chi connectivity index (χ4n) is 5.30. The predicted octanol–water partition coefficient (Wildman–Crippen LogP) is 3.00. The summed E-state index contributed by atoms with van der Waals surface area (Å²) in [7, 11) is 2.89. The number of methoxy groups -OCH3 is 2. The largest absolute Gasteiger partial charge is 0.502 e. The molecule has 6 rings (SSSR count). The Kier molecular flexibility index (Phi) is 5.05. The van der Waals surface area contributed by atoms with Crippen molar-refractivity contribution in [3.63, 3.8) is 0 Å². The number of ether oxygens (including phenoxy) is 6. The van der Waals surface area contributed by atoms with Gasteiger partial charge < -0.3 is 38.8 Å². The first kappa shape index (κ1) is 21.7. The molecule has 2 N–H and O–H groups in total. The van der Waals surface area contributed by atoms with Gasteiger partial charge in [0.25, 0.3) is 0 Å². The first-order chi connectivity index (χ1) is 17.0. The van der Waals surface area contributed by atoms with Crippen molar-refractivity contribution in [3.05, 3.63) is 41.0 Å². The lowest BCUT2D eigenvalue weighted by molar-refractivity contribution is -0.141. The second-order valence-corrected chi connectivity index (χ2v) is 9.15. The van der Waals surface area contributed by atoms with Crippen LogP contribution in [0.1, 0.15) is 41.6 Å². The maximum absolute atomic E-state index is 13.1. The number of alkyl carbamates (subject to hydrolysis) is 1. The highest BCUT2D eigenvalue weighted by Gasteiger charge is 2.54. The number of phenolic OH excluding ortho intramolecular Hbond substituents is 1. The molecule has 0 radical (unpaired) electrons. The average molecular weight is 483 g/mol. The Morgan fingerprint density at radius 1 is 1.00 bits per heavy atom. The van der Waals surface area contributed by atoms with E-state index in [-0.39, 0.29) is 42.7 Å². The molecule has 4 aliphatic rings. The molecule has 0 spiro atoms. The third-order valence-electron chi connectivity index (χ3n) is 7.11. The zero-order valence-corrected chi connectivity index (χ0v) is 19.2. The van der Waals surface area contributed by atoms with Crippen molar-refractivity contribution >= 4 is 12.1 Å². The van der Waals surface area contributed by atoms with Crippen molar-refractivity contribution in [2.24, 2.45) is 11.8 Å². The topological polar surface area (TPSA) is 122 Å². The number of aromatic hydroxyl groups is 1. The number of fused-ring (bicyclic) bond motifs is 3. The molecule has 2 fully saturated rings. The van der Waals surface area contributed by atoms with E-state index in [2.05, 4.69) is 5.32 Å². The Labute approximate surface area is 201 Å². The standard InChI is InChI=1S/C25H25NO9/c1-30-18-5-11(6-19(31-2)22(18)27)20-13-7-16-17(34-10-33-16)8-14(13)23(15-9-32-24(28)21(15)20)35-25(29)26-12-3-4-12/h5-8,12,15,20-21,23,27H,3-4,9-10H2,1-2H3,(H,26,29)/t15-,20+,21-,23+/m0/s1. The van der Waals surface area contributed by atoms with Crippen LogP contribution in [0.2, 0.25) is 0 Å². The normalized spacial score (nSPS) is 25.8. The van der Waals surface area contributed by atoms with Crippen LogP contribution in [0.3, 0.4) is 0 Å². The first-order valence-electron chi connectivity index (χ1n) is 11.5. The molecule has 1 saturated heterocycles. The third-order valence-corrected chi connectivity index (χ3v) is 7.11. The summed E-state index contributed by atoms with van der Waals surface area (Å²) in [5.41, 5.74) is 2.15. The van der Waals surface area contributed by atoms with Gasteiger partial charge in [0.2, 0.25) is 12.5 Å². The number of benzene rings is 2. The van der Waals surface area contributed by atoms with Crippen LogP contribution in [0.5, 0.6) is 28.7 Å². The summed E-state index contributed by atoms with van der Waals surface area (Å²) in [4.78, 5) is 25.7. The van der Waals surface area contributed by atoms with Gasteiger partial charge in [-0.05, 0) is 48.2 Å². The highest BCUT2D eigenvalue weighted by molar-refractivity contribution is 5.79. The monoisotopic (exact) mass is 483 g/mol. The number of cyclic esters (lactones) is 1. The molecule has 2 aliphatic heterocycles. The van der Waals surface area contributed by atoms with Crippen LogP contribution >= 0.6 is 0 Å². The quantitative estimate of drug-likeness (QED) is 0.618. The van der Waals surface area contributed by atoms with Gasteiger partial charge in [-0.3, -0.25) is 4.79 Å². The SMILES string of the molecule is COc1cc([C@@H]2c3cc4c(cc3[C@@H](OC(=O)NC3CC3)[C@H]3COC(=O)[C@H]23)OCO4)cc(OC)c1O. The van der Waals surface area contributed by atoms with E-state index in [1.54, 1.807) is 12.1 Å². The number of carbonyl (C=O) groups excluding carboxylic acids is 2. The molecule has 2 aliphatic carbocycles. The summed E-state index contributed by atoms with van der Waals surface area (Å²) < 4.78 is 33.4. The minimum absolute atomic E-state index is 0.0757. The fraction of sp³-hybridized carbons (Fsp3) is 0.440. The Balaban J connectivity index is 1.51. The summed E-state index contributed by atoms with van der Waals surface area (Å²) in [6, 6.07) is 7.13. The van der Waals surface area contributed by atoms with Crippen molar-refractivity contribution in [2.45, 2.75) is 30.9 Å². The lowest BCUT2D eigenvalue weighted by Gasteiger charge is -2.38. The number of hydrogen-bond acceptors (Lipinski definition) is 9. The highest BCUT2D eigenvalue weighted by Crippen LogP contribution is 2.56. The maximum Gasteiger partial charge on any atom is 0.407 e. The van der Waals surface area contributed by atoms with E-state index in [4.69, 9.17) is 28.4 Å². The van der Waals surface area contributed by atoms with Gasteiger partial charge in [0.15, 0.2) is 23.0 Å². The second-order valence-electron chi connectivity index (χ2n) is 9.15. The molecular formula is C25H25NO9. The van der Waals surface area contributed by atoms with Gasteiger partial charge in [-0.15, -0.1) is 0 Å². The molecule has 184 valence electrons. The number of esters is 1. The number of phenols is 1. The molecule has 10 heteroatoms. The van der Waals surface area contributed by atoms with Crippen molar-refractivity contribution in [1.82, 2.24) is 5.32 Å². The van der Waals surface area contributed by atoms with Gasteiger partial charge in [-0.25, -0.2) is 4.79 Å². The average Bonchev–Trinajstić information content (AvgIpc) is 3.40. The Bertz CT molecular complexity index is 1180. The van der Waals surface area contributed by atoms with Gasteiger partial charge in [-0.1, -0.05) is 0 Å². The number of rotatable bonds is 5. The van der Waals surface area contributed by atoms with Crippen molar-refractivity contribution in [1.29, 1.82) is 0 Å². The molecule has 10 nitrogen and oxygen atoms in total. The van der Waals surface area contributed by atoms with Crippen LogP contribution in [0, 0.1) is 11.8 Å². The molecule has 4 atom stereocenters. The van der Waals surface area contributed by atoms with E-state index < -0.39 is 30.0 Å². The molecule has 0 aromatic heterocycles. The molecule has 1 saturated carbocycles. The van der Waals surface area contributed by atoms with Crippen LogP contribution in [0.15, 0.2) is 24.3 Å². The van der Waals surface area contributed by atoms with Crippen molar-refractivity contribution < 1.29 is 43.1 Å². The minimum atomic E-state index is -0.716. The molecule has 0 bridgehead atoms. The van der Waals surface area contributed by atoms with Gasteiger partial charge in [0.05, 0.1) is 26.7 Å². The molecule has 35 heavy (non-hydrogen) atoms. The molecule has 1 amide bonds. The number of hydrogen-bond donors (Lipinski definition) is 2. The maximum atomic E-state index is 13.1. The highest BCUT2D eigenvalue weighted by atomic mass is 16.7. The zero-order chi connectivity index (χ0) is 24.3. The van der Waals surface area contributed by atoms with Gasteiger partial charge in [0.1, 0.15) is 6.10 Å². The van der Waals surface area contributed by atoms with E-state index in [1.165, 1.54) is 14.2 Å². The van der Waals surface area contributed by atoms with Crippen LogP contribution in [-0.4, -0.2) is 50.8 Å². The van der Waals surface area contributed by atoms with E-state index in [0.717, 1.165) is 24.0 Å². The van der Waals surface area contributed by atoms with Crippen LogP contribution in [0.4, 0.5) is 4.79 Å². The van der Waals surface area contributed by atoms with E-state index in [9.17, 15) is 14.7 Å². The minimum Gasteiger partial charge on any atom is -0.502 e. The zero-order valence-electron chi connectivity index (χ0n) is 19.2. The van der Waals surface area contributed by atoms with Crippen LogP contribution < -0.4 is 24.3 Å². The lowest BCUT2D eigenvalue weighted by atomic mass is 9.66. The van der Waals surface area contributed by atoms with Crippen LogP contribution in [-0.2, 0) is 14.3 Å². The molecular weight excluding hydrogens is 458 g/mol. The summed E-state index contributed by atoms with van der Waals surface area (Å²) in [5, 5.41) is 13.3. The van der Waals surface area contributed by atoms with E-state index in [1.807, 2.05) is 12.1 Å². The number of amides is 1. The summed E-state index contributed by atoms with van der Waals surface area (Å²) in [5.74, 6) is -0.556. The predicted molar refractivity (Wildman–Crippen MR) is 119 cm³/mol. The van der Waals surface area contributed by atoms with Crippen LogP contribution in [0.25, 0.3) is 0 Å². The third kappa shape index (κ3) is 3.55. The van der Waals surface area contributed by atoms with Crippen molar-refractivity contribution in [3.8, 4) is 28.7 Å². The molecule has 0 unspecified atom stereocenters. The molecule has 2 heterocycles. The Morgan fingerprint density at radius 3 is 2.29 bits per heavy atom. The number of carbonyl (C=O) groups is 2. The van der Waals surface area contributed by atoms with E-state index >= 15 is 0 Å². The lowest BCUT2D eigenvalue weighted by Crippen LogP contribution is -2.38. The second kappa shape index (κ2) is 8.14. The number of nitrogens with one attached hydrogen (secondary N) is 1. The smallest absolute Gasteiger partial charge is 0.407 e. The molecule has 2 aromatic carbocycles. The Hall–Kier alpha value is -3.82. The van der Waals surface area contributed by atoms with E-state index in [0.29, 0.717) is 17.1 Å². The summed E-state index contributed by atoms with van der Waals surface area (Å²) >= 11 is 0. The molecule has 2 aromatic rings.